The van der Waals surface area contributed by atoms with E-state index < -0.39 is 0 Å². The lowest BCUT2D eigenvalue weighted by atomic mass is 9.96. The van der Waals surface area contributed by atoms with Crippen LogP contribution in [0.5, 0.6) is 5.88 Å². The summed E-state index contributed by atoms with van der Waals surface area (Å²) in [4.78, 5) is 36.2. The fourth-order valence-electron chi connectivity index (χ4n) is 4.37. The first-order chi connectivity index (χ1) is 16.5. The van der Waals surface area contributed by atoms with Crippen molar-refractivity contribution in [1.82, 2.24) is 20.2 Å². The van der Waals surface area contributed by atoms with Crippen molar-refractivity contribution in [3.8, 4) is 5.88 Å². The van der Waals surface area contributed by atoms with E-state index >= 15 is 0 Å². The molecule has 5 rings (SSSR count). The van der Waals surface area contributed by atoms with Crippen LogP contribution in [-0.4, -0.2) is 39.3 Å². The summed E-state index contributed by atoms with van der Waals surface area (Å²) >= 11 is 0. The van der Waals surface area contributed by atoms with Gasteiger partial charge in [-0.1, -0.05) is 18.2 Å². The number of rotatable bonds is 6. The smallest absolute Gasteiger partial charge is 0.293 e. The van der Waals surface area contributed by atoms with Gasteiger partial charge < -0.3 is 19.4 Å². The molecular weight excluding hydrogens is 432 g/mol. The molecule has 2 aromatic rings. The number of aryl methyl sites for hydroxylation is 1. The van der Waals surface area contributed by atoms with Crippen molar-refractivity contribution in [2.75, 3.05) is 6.54 Å². The van der Waals surface area contributed by atoms with Gasteiger partial charge >= 0.3 is 0 Å². The van der Waals surface area contributed by atoms with E-state index in [4.69, 9.17) is 9.15 Å². The molecule has 0 bridgehead atoms. The Morgan fingerprint density at radius 1 is 1.29 bits per heavy atom. The molecule has 1 saturated carbocycles. The summed E-state index contributed by atoms with van der Waals surface area (Å²) in [5, 5.41) is 2.91. The second kappa shape index (κ2) is 9.29. The average Bonchev–Trinajstić information content (AvgIpc) is 3.42. The van der Waals surface area contributed by atoms with Crippen LogP contribution in [0.1, 0.15) is 66.8 Å². The lowest BCUT2D eigenvalue weighted by Crippen LogP contribution is -2.31. The van der Waals surface area contributed by atoms with Gasteiger partial charge in [-0.3, -0.25) is 9.59 Å². The third-order valence-electron chi connectivity index (χ3n) is 6.67. The van der Waals surface area contributed by atoms with E-state index in [1.54, 1.807) is 6.20 Å². The number of allylic oxidation sites excluding steroid dienone is 2. The molecule has 8 heteroatoms. The fourth-order valence-corrected chi connectivity index (χ4v) is 4.37. The standard InChI is InChI=1S/C26H28N4O4/c1-16-11-18(12-28-25(16)34-19-7-6-8-19)17(2)30-14-21-20(26(30)32)9-4-3-5-10-22(21)29-24(31)23-13-27-15-33-23/h4,9-13,15,17,19H,3,5-8,14H2,1-2H3,(H,29,31)/b9-4-,22-10?. The molecule has 0 aromatic carbocycles. The zero-order valence-corrected chi connectivity index (χ0v) is 19.4. The highest BCUT2D eigenvalue weighted by Crippen LogP contribution is 2.34. The van der Waals surface area contributed by atoms with Crippen molar-refractivity contribution in [3.05, 3.63) is 76.8 Å². The molecule has 0 saturated heterocycles. The van der Waals surface area contributed by atoms with Gasteiger partial charge in [-0.05, 0) is 57.6 Å². The molecule has 1 N–H and O–H groups in total. The molecule has 2 amide bonds. The molecule has 8 nitrogen and oxygen atoms in total. The summed E-state index contributed by atoms with van der Waals surface area (Å²) in [6.45, 7) is 4.38. The van der Waals surface area contributed by atoms with Crippen LogP contribution in [0.2, 0.25) is 0 Å². The molecular formula is C26H28N4O4. The predicted molar refractivity (Wildman–Crippen MR) is 125 cm³/mol. The summed E-state index contributed by atoms with van der Waals surface area (Å²) in [5.74, 6) is 0.344. The lowest BCUT2D eigenvalue weighted by molar-refractivity contribution is -0.127. The Bertz CT molecular complexity index is 1190. The van der Waals surface area contributed by atoms with Crippen molar-refractivity contribution in [2.45, 2.75) is 58.1 Å². The maximum Gasteiger partial charge on any atom is 0.293 e. The normalized spacial score (nSPS) is 20.1. The molecule has 3 aliphatic rings. The maximum absolute atomic E-state index is 13.4. The number of hydrogen-bond donors (Lipinski definition) is 1. The summed E-state index contributed by atoms with van der Waals surface area (Å²) in [5.41, 5.74) is 3.96. The van der Waals surface area contributed by atoms with Gasteiger partial charge in [0.1, 0.15) is 6.10 Å². The molecule has 1 unspecified atom stereocenters. The van der Waals surface area contributed by atoms with Crippen LogP contribution in [0.25, 0.3) is 0 Å². The Morgan fingerprint density at radius 3 is 2.85 bits per heavy atom. The number of oxazole rings is 1. The number of hydrogen-bond acceptors (Lipinski definition) is 6. The number of amides is 2. The van der Waals surface area contributed by atoms with E-state index in [1.807, 2.05) is 43.0 Å². The SMILES string of the molecule is Cc1cc(C(C)N2CC3=C(/C=C\CCC=C3NC(=O)c3cnco3)C2=O)cnc1OC1CCC1. The van der Waals surface area contributed by atoms with E-state index in [2.05, 4.69) is 15.3 Å². The Balaban J connectivity index is 1.36. The van der Waals surface area contributed by atoms with Crippen molar-refractivity contribution < 1.29 is 18.7 Å². The molecule has 1 fully saturated rings. The topological polar surface area (TPSA) is 97.6 Å². The number of pyridine rings is 1. The monoisotopic (exact) mass is 460 g/mol. The maximum atomic E-state index is 13.4. The summed E-state index contributed by atoms with van der Waals surface area (Å²) < 4.78 is 11.1. The molecule has 2 aromatic heterocycles. The molecule has 3 heterocycles. The van der Waals surface area contributed by atoms with Crippen LogP contribution in [0.15, 0.2) is 64.3 Å². The number of ether oxygens (including phenoxy) is 1. The Hall–Kier alpha value is -3.68. The highest BCUT2D eigenvalue weighted by Gasteiger charge is 2.35. The highest BCUT2D eigenvalue weighted by molar-refractivity contribution is 6.02. The van der Waals surface area contributed by atoms with Crippen molar-refractivity contribution in [2.24, 2.45) is 0 Å². The molecule has 176 valence electrons. The van der Waals surface area contributed by atoms with Gasteiger partial charge in [-0.15, -0.1) is 0 Å². The van der Waals surface area contributed by atoms with Crippen molar-refractivity contribution in [1.29, 1.82) is 0 Å². The molecule has 1 aliphatic heterocycles. The van der Waals surface area contributed by atoms with Crippen LogP contribution in [0.4, 0.5) is 0 Å². The van der Waals surface area contributed by atoms with Crippen LogP contribution < -0.4 is 10.1 Å². The average molecular weight is 461 g/mol. The summed E-state index contributed by atoms with van der Waals surface area (Å²) in [6, 6.07) is 1.86. The van der Waals surface area contributed by atoms with Crippen LogP contribution in [-0.2, 0) is 4.79 Å². The largest absolute Gasteiger partial charge is 0.474 e. The molecule has 2 aliphatic carbocycles. The quantitative estimate of drug-likeness (QED) is 0.695. The summed E-state index contributed by atoms with van der Waals surface area (Å²) in [7, 11) is 0. The van der Waals surface area contributed by atoms with Crippen LogP contribution in [0, 0.1) is 6.92 Å². The van der Waals surface area contributed by atoms with E-state index in [1.165, 1.54) is 19.0 Å². The molecule has 0 radical (unpaired) electrons. The van der Waals surface area contributed by atoms with E-state index in [0.29, 0.717) is 23.7 Å². The third-order valence-corrected chi connectivity index (χ3v) is 6.67. The minimum Gasteiger partial charge on any atom is -0.474 e. The van der Waals surface area contributed by atoms with Crippen molar-refractivity contribution in [3.63, 3.8) is 0 Å². The van der Waals surface area contributed by atoms with Crippen LogP contribution >= 0.6 is 0 Å². The Labute approximate surface area is 198 Å². The second-order valence-electron chi connectivity index (χ2n) is 8.98. The number of carbonyl (C=O) groups excluding carboxylic acids is 2. The van der Waals surface area contributed by atoms with Crippen molar-refractivity contribution >= 4 is 11.8 Å². The van der Waals surface area contributed by atoms with Gasteiger partial charge in [0.25, 0.3) is 11.8 Å². The van der Waals surface area contributed by atoms with E-state index in [-0.39, 0.29) is 29.7 Å². The molecule has 34 heavy (non-hydrogen) atoms. The number of nitrogens with one attached hydrogen (secondary N) is 1. The lowest BCUT2D eigenvalue weighted by Gasteiger charge is -2.28. The zero-order valence-electron chi connectivity index (χ0n) is 19.4. The second-order valence-corrected chi connectivity index (χ2v) is 8.98. The van der Waals surface area contributed by atoms with Gasteiger partial charge in [-0.2, -0.15) is 0 Å². The minimum absolute atomic E-state index is 0.0621. The first-order valence-corrected chi connectivity index (χ1v) is 11.8. The van der Waals surface area contributed by atoms with Gasteiger partial charge in [0.05, 0.1) is 12.2 Å². The first kappa shape index (κ1) is 22.1. The minimum atomic E-state index is -0.388. The van der Waals surface area contributed by atoms with Crippen LogP contribution in [0.3, 0.4) is 0 Å². The highest BCUT2D eigenvalue weighted by atomic mass is 16.5. The number of carbonyl (C=O) groups is 2. The fraction of sp³-hybridized carbons (Fsp3) is 0.385. The third kappa shape index (κ3) is 4.27. The Morgan fingerprint density at radius 2 is 2.15 bits per heavy atom. The number of nitrogens with zero attached hydrogens (tertiary/aromatic N) is 3. The predicted octanol–water partition coefficient (Wildman–Crippen LogP) is 4.17. The number of aromatic nitrogens is 2. The summed E-state index contributed by atoms with van der Waals surface area (Å²) in [6.07, 6.45) is 15.4. The first-order valence-electron chi connectivity index (χ1n) is 11.8. The van der Waals surface area contributed by atoms with E-state index in [0.717, 1.165) is 42.4 Å². The van der Waals surface area contributed by atoms with Gasteiger partial charge in [0, 0.05) is 35.1 Å². The van der Waals surface area contributed by atoms with Gasteiger partial charge in [-0.25, -0.2) is 9.97 Å². The Kier molecular flexibility index (Phi) is 6.04. The van der Waals surface area contributed by atoms with Gasteiger partial charge in [0.15, 0.2) is 6.39 Å². The molecule has 1 atom stereocenters. The molecule has 0 spiro atoms. The van der Waals surface area contributed by atoms with E-state index in [9.17, 15) is 9.59 Å². The zero-order chi connectivity index (χ0) is 23.7. The van der Waals surface area contributed by atoms with Gasteiger partial charge in [0.2, 0.25) is 11.6 Å².